The lowest BCUT2D eigenvalue weighted by atomic mass is 10.1. The summed E-state index contributed by atoms with van der Waals surface area (Å²) in [4.78, 5) is 19.5. The first kappa shape index (κ1) is 13.7. The molecule has 1 amide bonds. The van der Waals surface area contributed by atoms with E-state index in [1.54, 1.807) is 0 Å². The van der Waals surface area contributed by atoms with Crippen molar-refractivity contribution in [2.45, 2.75) is 11.7 Å². The van der Waals surface area contributed by atoms with E-state index in [2.05, 4.69) is 27.9 Å². The Kier molecular flexibility index (Phi) is 3.92. The summed E-state index contributed by atoms with van der Waals surface area (Å²) in [5.41, 5.74) is 2.80. The number of aromatic nitrogens is 2. The number of H-pyrrole nitrogens is 1. The Morgan fingerprint density at radius 2 is 1.86 bits per heavy atom. The number of imidazole rings is 1. The molecule has 1 aromatic heterocycles. The van der Waals surface area contributed by atoms with Crippen LogP contribution >= 0.6 is 12.6 Å². The number of aromatic amines is 1. The van der Waals surface area contributed by atoms with Gasteiger partial charge in [-0.25, -0.2) is 4.98 Å². The van der Waals surface area contributed by atoms with Gasteiger partial charge in [0.15, 0.2) is 0 Å². The smallest absolute Gasteiger partial charge is 0.239 e. The van der Waals surface area contributed by atoms with E-state index in [1.807, 2.05) is 54.6 Å². The maximum atomic E-state index is 12.1. The fourth-order valence-electron chi connectivity index (χ4n) is 2.14. The summed E-state index contributed by atoms with van der Waals surface area (Å²) >= 11 is 4.38. The van der Waals surface area contributed by atoms with Crippen LogP contribution in [-0.2, 0) is 11.2 Å². The third-order valence-corrected chi connectivity index (χ3v) is 3.62. The van der Waals surface area contributed by atoms with Gasteiger partial charge in [-0.2, -0.15) is 12.6 Å². The minimum Gasteiger partial charge on any atom is -0.324 e. The molecular weight excluding hydrogens is 282 g/mol. The van der Waals surface area contributed by atoms with Gasteiger partial charge in [0.1, 0.15) is 0 Å². The van der Waals surface area contributed by atoms with E-state index in [0.29, 0.717) is 12.4 Å². The molecule has 0 spiro atoms. The van der Waals surface area contributed by atoms with Gasteiger partial charge in [0.2, 0.25) is 11.9 Å². The molecule has 0 aliphatic heterocycles. The number of para-hydroxylation sites is 2. The number of fused-ring (bicyclic) bond motifs is 1. The molecule has 4 nitrogen and oxygen atoms in total. The number of nitrogens with one attached hydrogen (secondary N) is 2. The number of hydrogen-bond donors (Lipinski definition) is 3. The van der Waals surface area contributed by atoms with E-state index in [-0.39, 0.29) is 5.91 Å². The molecule has 0 aliphatic rings. The molecule has 106 valence electrons. The van der Waals surface area contributed by atoms with Crippen LogP contribution in [0.15, 0.2) is 54.6 Å². The highest BCUT2D eigenvalue weighted by molar-refractivity contribution is 7.81. The predicted molar refractivity (Wildman–Crippen MR) is 87.6 cm³/mol. The van der Waals surface area contributed by atoms with E-state index in [0.717, 1.165) is 16.6 Å². The van der Waals surface area contributed by atoms with Gasteiger partial charge in [0.25, 0.3) is 0 Å². The Morgan fingerprint density at radius 3 is 2.62 bits per heavy atom. The number of anilines is 1. The van der Waals surface area contributed by atoms with Crippen LogP contribution in [0.1, 0.15) is 5.56 Å². The largest absolute Gasteiger partial charge is 0.324 e. The van der Waals surface area contributed by atoms with Gasteiger partial charge in [-0.05, 0) is 24.1 Å². The number of nitrogens with zero attached hydrogens (tertiary/aromatic N) is 1. The van der Waals surface area contributed by atoms with Gasteiger partial charge in [0.05, 0.1) is 16.3 Å². The molecule has 0 saturated heterocycles. The third-order valence-electron chi connectivity index (χ3n) is 3.21. The standard InChI is InChI=1S/C16H15N3OS/c20-15(14(21)10-11-6-2-1-3-7-11)19-16-17-12-8-4-5-9-13(12)18-16/h1-9,14,21H,10H2,(H2,17,18,19,20). The number of carbonyl (C=O) groups is 1. The second-order valence-electron chi connectivity index (χ2n) is 4.80. The lowest BCUT2D eigenvalue weighted by molar-refractivity contribution is -0.115. The molecule has 1 heterocycles. The van der Waals surface area contributed by atoms with Crippen LogP contribution in [0.4, 0.5) is 5.95 Å². The van der Waals surface area contributed by atoms with Crippen molar-refractivity contribution in [2.75, 3.05) is 5.32 Å². The number of thiol groups is 1. The van der Waals surface area contributed by atoms with Crippen LogP contribution in [-0.4, -0.2) is 21.1 Å². The highest BCUT2D eigenvalue weighted by Gasteiger charge is 2.16. The van der Waals surface area contributed by atoms with Gasteiger partial charge in [0, 0.05) is 0 Å². The van der Waals surface area contributed by atoms with Crippen molar-refractivity contribution in [3.63, 3.8) is 0 Å². The van der Waals surface area contributed by atoms with Gasteiger partial charge < -0.3 is 4.98 Å². The van der Waals surface area contributed by atoms with Gasteiger partial charge in [-0.3, -0.25) is 10.1 Å². The SMILES string of the molecule is O=C(Nc1nc2ccccc2[nH]1)C(S)Cc1ccccc1. The molecule has 0 aliphatic carbocycles. The summed E-state index contributed by atoms with van der Waals surface area (Å²) in [6.07, 6.45) is 0.579. The van der Waals surface area contributed by atoms with Crippen molar-refractivity contribution in [3.8, 4) is 0 Å². The lowest BCUT2D eigenvalue weighted by Gasteiger charge is -2.09. The zero-order chi connectivity index (χ0) is 14.7. The summed E-state index contributed by atoms with van der Waals surface area (Å²) < 4.78 is 0. The number of amides is 1. The Labute approximate surface area is 128 Å². The predicted octanol–water partition coefficient (Wildman–Crippen LogP) is 3.04. The van der Waals surface area contributed by atoms with Crippen molar-refractivity contribution in [3.05, 3.63) is 60.2 Å². The summed E-state index contributed by atoms with van der Waals surface area (Å²) in [7, 11) is 0. The molecule has 0 bridgehead atoms. The first-order valence-electron chi connectivity index (χ1n) is 6.70. The second kappa shape index (κ2) is 6.01. The third kappa shape index (κ3) is 3.25. The van der Waals surface area contributed by atoms with Crippen LogP contribution < -0.4 is 5.32 Å². The van der Waals surface area contributed by atoms with Crippen molar-refractivity contribution in [1.82, 2.24) is 9.97 Å². The molecule has 1 atom stereocenters. The molecule has 0 fully saturated rings. The Bertz CT molecular complexity index is 721. The molecular formula is C16H15N3OS. The molecule has 3 rings (SSSR count). The Hall–Kier alpha value is -2.27. The first-order valence-corrected chi connectivity index (χ1v) is 7.21. The molecule has 0 saturated carbocycles. The monoisotopic (exact) mass is 297 g/mol. The summed E-state index contributed by atoms with van der Waals surface area (Å²) in [5, 5.41) is 2.35. The van der Waals surface area contributed by atoms with Gasteiger partial charge in [-0.1, -0.05) is 42.5 Å². The topological polar surface area (TPSA) is 57.8 Å². The fourth-order valence-corrected chi connectivity index (χ4v) is 2.42. The number of carbonyl (C=O) groups excluding carboxylic acids is 1. The number of rotatable bonds is 4. The molecule has 2 N–H and O–H groups in total. The van der Waals surface area contributed by atoms with Crippen molar-refractivity contribution < 1.29 is 4.79 Å². The van der Waals surface area contributed by atoms with Gasteiger partial charge in [-0.15, -0.1) is 0 Å². The number of hydrogen-bond acceptors (Lipinski definition) is 3. The van der Waals surface area contributed by atoms with E-state index in [1.165, 1.54) is 0 Å². The van der Waals surface area contributed by atoms with E-state index >= 15 is 0 Å². The molecule has 3 aromatic rings. The highest BCUT2D eigenvalue weighted by Crippen LogP contribution is 2.15. The summed E-state index contributed by atoms with van der Waals surface area (Å²) in [6, 6.07) is 17.5. The minimum absolute atomic E-state index is 0.166. The summed E-state index contributed by atoms with van der Waals surface area (Å²) in [5.74, 6) is 0.287. The maximum absolute atomic E-state index is 12.1. The average Bonchev–Trinajstić information content (AvgIpc) is 2.90. The van der Waals surface area contributed by atoms with Crippen molar-refractivity contribution in [1.29, 1.82) is 0 Å². The van der Waals surface area contributed by atoms with E-state index in [4.69, 9.17) is 0 Å². The van der Waals surface area contributed by atoms with Crippen LogP contribution in [0, 0.1) is 0 Å². The summed E-state index contributed by atoms with van der Waals surface area (Å²) in [6.45, 7) is 0. The van der Waals surface area contributed by atoms with Crippen LogP contribution in [0.25, 0.3) is 11.0 Å². The van der Waals surface area contributed by atoms with E-state index < -0.39 is 5.25 Å². The lowest BCUT2D eigenvalue weighted by Crippen LogP contribution is -2.25. The zero-order valence-corrected chi connectivity index (χ0v) is 12.2. The highest BCUT2D eigenvalue weighted by atomic mass is 32.1. The molecule has 0 radical (unpaired) electrons. The van der Waals surface area contributed by atoms with Crippen molar-refractivity contribution in [2.24, 2.45) is 0 Å². The van der Waals surface area contributed by atoms with Crippen LogP contribution in [0.3, 0.4) is 0 Å². The van der Waals surface area contributed by atoms with E-state index in [9.17, 15) is 4.79 Å². The zero-order valence-electron chi connectivity index (χ0n) is 11.3. The molecule has 21 heavy (non-hydrogen) atoms. The van der Waals surface area contributed by atoms with Crippen LogP contribution in [0.2, 0.25) is 0 Å². The molecule has 5 heteroatoms. The van der Waals surface area contributed by atoms with Gasteiger partial charge >= 0.3 is 0 Å². The normalized spacial score (nSPS) is 12.2. The fraction of sp³-hybridized carbons (Fsp3) is 0.125. The number of benzene rings is 2. The van der Waals surface area contributed by atoms with Crippen LogP contribution in [0.5, 0.6) is 0 Å². The second-order valence-corrected chi connectivity index (χ2v) is 5.42. The quantitative estimate of drug-likeness (QED) is 0.648. The Morgan fingerprint density at radius 1 is 1.14 bits per heavy atom. The molecule has 2 aromatic carbocycles. The Balaban J connectivity index is 1.68. The first-order chi connectivity index (χ1) is 10.2. The minimum atomic E-state index is -0.416. The molecule has 1 unspecified atom stereocenters. The van der Waals surface area contributed by atoms with Crippen molar-refractivity contribution >= 4 is 35.5 Å². The average molecular weight is 297 g/mol. The maximum Gasteiger partial charge on any atom is 0.239 e.